The molecule has 2 aromatic rings. The number of rotatable bonds is 8. The average molecular weight is 369 g/mol. The van der Waals surface area contributed by atoms with E-state index >= 15 is 0 Å². The average Bonchev–Trinajstić information content (AvgIpc) is 2.62. The Kier molecular flexibility index (Phi) is 6.65. The first-order chi connectivity index (χ1) is 12.4. The van der Waals surface area contributed by atoms with Gasteiger partial charge in [0.25, 0.3) is 0 Å². The fraction of sp³-hybridized carbons (Fsp3) is 0.444. The van der Waals surface area contributed by atoms with Crippen molar-refractivity contribution in [2.45, 2.75) is 32.9 Å². The molecule has 2 rings (SSSR count). The van der Waals surface area contributed by atoms with Crippen molar-refractivity contribution < 1.29 is 22.6 Å². The van der Waals surface area contributed by atoms with E-state index in [0.717, 1.165) is 18.3 Å². The third kappa shape index (κ3) is 4.77. The molecular formula is C18H22F3N3O2. The Labute approximate surface area is 150 Å². The van der Waals surface area contributed by atoms with E-state index in [4.69, 9.17) is 9.47 Å². The van der Waals surface area contributed by atoms with E-state index in [-0.39, 0.29) is 12.6 Å². The summed E-state index contributed by atoms with van der Waals surface area (Å²) in [6.07, 6.45) is -2.34. The Morgan fingerprint density at radius 3 is 2.35 bits per heavy atom. The molecule has 8 heteroatoms. The first-order valence-electron chi connectivity index (χ1n) is 8.39. The smallest absolute Gasteiger partial charge is 0.423 e. The molecule has 0 radical (unpaired) electrons. The summed E-state index contributed by atoms with van der Waals surface area (Å²) in [5.41, 5.74) is -0.226. The number of nitrogens with zero attached hydrogens (tertiary/aromatic N) is 3. The molecule has 0 saturated heterocycles. The van der Waals surface area contributed by atoms with Crippen molar-refractivity contribution in [3.8, 4) is 11.6 Å². The van der Waals surface area contributed by atoms with Crippen molar-refractivity contribution in [3.05, 3.63) is 36.0 Å². The van der Waals surface area contributed by atoms with E-state index in [1.54, 1.807) is 36.3 Å². The number of anilines is 2. The van der Waals surface area contributed by atoms with Crippen LogP contribution in [0.25, 0.3) is 0 Å². The summed E-state index contributed by atoms with van der Waals surface area (Å²) in [4.78, 5) is 9.65. The van der Waals surface area contributed by atoms with Crippen LogP contribution in [-0.4, -0.2) is 30.2 Å². The van der Waals surface area contributed by atoms with Crippen LogP contribution in [0, 0.1) is 0 Å². The molecule has 0 aliphatic rings. The molecule has 0 aliphatic carbocycles. The summed E-state index contributed by atoms with van der Waals surface area (Å²) in [5, 5.41) is 0. The third-order valence-electron chi connectivity index (χ3n) is 3.72. The molecule has 0 fully saturated rings. The van der Waals surface area contributed by atoms with E-state index < -0.39 is 17.6 Å². The lowest BCUT2D eigenvalue weighted by atomic mass is 10.2. The largest absolute Gasteiger partial charge is 0.497 e. The first kappa shape index (κ1) is 19.8. The molecule has 0 unspecified atom stereocenters. The Balaban J connectivity index is 2.37. The number of halogens is 3. The SMILES string of the molecule is CCCCOc1nc(N(CC)c2ccc(OC)cc2)ncc1C(F)(F)F. The van der Waals surface area contributed by atoms with Crippen molar-refractivity contribution in [2.75, 3.05) is 25.2 Å². The van der Waals surface area contributed by atoms with Gasteiger partial charge in [0, 0.05) is 18.4 Å². The zero-order valence-electron chi connectivity index (χ0n) is 15.0. The van der Waals surface area contributed by atoms with Gasteiger partial charge in [0.15, 0.2) is 0 Å². The maximum absolute atomic E-state index is 13.2. The van der Waals surface area contributed by atoms with Gasteiger partial charge < -0.3 is 14.4 Å². The zero-order valence-corrected chi connectivity index (χ0v) is 15.0. The van der Waals surface area contributed by atoms with E-state index in [9.17, 15) is 13.2 Å². The van der Waals surface area contributed by atoms with Crippen molar-refractivity contribution in [2.24, 2.45) is 0 Å². The van der Waals surface area contributed by atoms with Crippen LogP contribution in [0.3, 0.4) is 0 Å². The van der Waals surface area contributed by atoms with Gasteiger partial charge in [-0.3, -0.25) is 0 Å². The second kappa shape index (κ2) is 8.73. The lowest BCUT2D eigenvalue weighted by molar-refractivity contribution is -0.139. The minimum absolute atomic E-state index is 0.150. The number of aromatic nitrogens is 2. The van der Waals surface area contributed by atoms with Crippen LogP contribution in [0.5, 0.6) is 11.6 Å². The van der Waals surface area contributed by atoms with Crippen molar-refractivity contribution in [1.29, 1.82) is 0 Å². The van der Waals surface area contributed by atoms with Crippen LogP contribution in [0.15, 0.2) is 30.5 Å². The van der Waals surface area contributed by atoms with Crippen LogP contribution in [0.4, 0.5) is 24.8 Å². The molecule has 5 nitrogen and oxygen atoms in total. The Morgan fingerprint density at radius 1 is 1.12 bits per heavy atom. The second-order valence-electron chi connectivity index (χ2n) is 5.53. The molecular weight excluding hydrogens is 347 g/mol. The van der Waals surface area contributed by atoms with Gasteiger partial charge in [-0.25, -0.2) is 4.98 Å². The summed E-state index contributed by atoms with van der Waals surface area (Å²) < 4.78 is 50.0. The van der Waals surface area contributed by atoms with Gasteiger partial charge in [0.2, 0.25) is 11.8 Å². The lowest BCUT2D eigenvalue weighted by Crippen LogP contribution is -2.21. The Hall–Kier alpha value is -2.51. The fourth-order valence-corrected chi connectivity index (χ4v) is 2.31. The molecule has 0 spiro atoms. The maximum Gasteiger partial charge on any atom is 0.423 e. The van der Waals surface area contributed by atoms with E-state index in [0.29, 0.717) is 18.7 Å². The minimum Gasteiger partial charge on any atom is -0.497 e. The molecule has 0 N–H and O–H groups in total. The van der Waals surface area contributed by atoms with Crippen molar-refractivity contribution in [1.82, 2.24) is 9.97 Å². The third-order valence-corrected chi connectivity index (χ3v) is 3.72. The molecule has 1 aromatic heterocycles. The van der Waals surface area contributed by atoms with E-state index in [1.807, 2.05) is 13.8 Å². The van der Waals surface area contributed by atoms with E-state index in [2.05, 4.69) is 9.97 Å². The maximum atomic E-state index is 13.2. The van der Waals surface area contributed by atoms with Gasteiger partial charge >= 0.3 is 6.18 Å². The number of ether oxygens (including phenoxy) is 2. The predicted octanol–water partition coefficient (Wildman–Crippen LogP) is 4.84. The summed E-state index contributed by atoms with van der Waals surface area (Å²) in [6.45, 7) is 4.45. The summed E-state index contributed by atoms with van der Waals surface area (Å²) >= 11 is 0. The predicted molar refractivity (Wildman–Crippen MR) is 93.1 cm³/mol. The number of hydrogen-bond acceptors (Lipinski definition) is 5. The van der Waals surface area contributed by atoms with Gasteiger partial charge in [-0.1, -0.05) is 13.3 Å². The van der Waals surface area contributed by atoms with Crippen LogP contribution < -0.4 is 14.4 Å². The Morgan fingerprint density at radius 2 is 1.81 bits per heavy atom. The molecule has 0 aliphatic heterocycles. The summed E-state index contributed by atoms with van der Waals surface area (Å²) in [5.74, 6) is 0.391. The van der Waals surface area contributed by atoms with Crippen LogP contribution in [0.2, 0.25) is 0 Å². The molecule has 0 saturated carbocycles. The molecule has 26 heavy (non-hydrogen) atoms. The van der Waals surface area contributed by atoms with Gasteiger partial charge in [-0.2, -0.15) is 18.2 Å². The highest BCUT2D eigenvalue weighted by Gasteiger charge is 2.36. The Bertz CT molecular complexity index is 706. The molecule has 0 bridgehead atoms. The number of benzene rings is 1. The molecule has 142 valence electrons. The summed E-state index contributed by atoms with van der Waals surface area (Å²) in [7, 11) is 1.56. The highest BCUT2D eigenvalue weighted by Crippen LogP contribution is 2.36. The number of unbranched alkanes of at least 4 members (excludes halogenated alkanes) is 1. The van der Waals surface area contributed by atoms with Crippen molar-refractivity contribution >= 4 is 11.6 Å². The molecule has 0 amide bonds. The number of hydrogen-bond donors (Lipinski definition) is 0. The van der Waals surface area contributed by atoms with Gasteiger partial charge in [0.05, 0.1) is 13.7 Å². The summed E-state index contributed by atoms with van der Waals surface area (Å²) in [6, 6.07) is 7.11. The van der Waals surface area contributed by atoms with Gasteiger partial charge in [0.1, 0.15) is 11.3 Å². The first-order valence-corrected chi connectivity index (χ1v) is 8.39. The monoisotopic (exact) mass is 369 g/mol. The van der Waals surface area contributed by atoms with E-state index in [1.165, 1.54) is 0 Å². The quantitative estimate of drug-likeness (QED) is 0.623. The van der Waals surface area contributed by atoms with Crippen LogP contribution in [0.1, 0.15) is 32.3 Å². The highest BCUT2D eigenvalue weighted by molar-refractivity contribution is 5.58. The highest BCUT2D eigenvalue weighted by atomic mass is 19.4. The standard InChI is InChI=1S/C18H22F3N3O2/c1-4-6-11-26-16-15(18(19,20)21)12-22-17(23-16)24(5-2)13-7-9-14(25-3)10-8-13/h7-10,12H,4-6,11H2,1-3H3. The molecule has 0 atom stereocenters. The number of methoxy groups -OCH3 is 1. The van der Waals surface area contributed by atoms with Crippen LogP contribution >= 0.6 is 0 Å². The van der Waals surface area contributed by atoms with Gasteiger partial charge in [-0.15, -0.1) is 0 Å². The lowest BCUT2D eigenvalue weighted by Gasteiger charge is -2.22. The molecule has 1 heterocycles. The number of alkyl halides is 3. The minimum atomic E-state index is -4.57. The van der Waals surface area contributed by atoms with Crippen LogP contribution in [-0.2, 0) is 6.18 Å². The fourth-order valence-electron chi connectivity index (χ4n) is 2.31. The van der Waals surface area contributed by atoms with Crippen molar-refractivity contribution in [3.63, 3.8) is 0 Å². The second-order valence-corrected chi connectivity index (χ2v) is 5.53. The topological polar surface area (TPSA) is 47.5 Å². The zero-order chi connectivity index (χ0) is 19.2. The molecule has 1 aromatic carbocycles. The van der Waals surface area contributed by atoms with Gasteiger partial charge in [-0.05, 0) is 37.6 Å². The normalized spacial score (nSPS) is 11.3.